The number of hydrogen-bond acceptors (Lipinski definition) is 3. The maximum atomic E-state index is 8.73. The molecule has 3 heteroatoms. The van der Waals surface area contributed by atoms with Gasteiger partial charge in [0.05, 0.1) is 5.56 Å². The van der Waals surface area contributed by atoms with Gasteiger partial charge in [0.2, 0.25) is 0 Å². The first kappa shape index (κ1) is 13.1. The number of benzene rings is 1. The number of nitriles is 1. The number of hydrogen-bond donors (Lipinski definition) is 1. The maximum Gasteiger partial charge on any atom is 0.130 e. The van der Waals surface area contributed by atoms with Crippen LogP contribution in [0.1, 0.15) is 31.9 Å². The molecule has 2 aromatic rings. The Bertz CT molecular complexity index is 601. The van der Waals surface area contributed by atoms with Crippen molar-refractivity contribution in [3.05, 3.63) is 53.7 Å². The summed E-state index contributed by atoms with van der Waals surface area (Å²) in [7, 11) is 0. The molecular formula is C16H17N3. The quantitative estimate of drug-likeness (QED) is 0.877. The third-order valence-electron chi connectivity index (χ3n) is 2.89. The van der Waals surface area contributed by atoms with Crippen LogP contribution < -0.4 is 5.32 Å². The molecule has 1 aromatic heterocycles. The predicted octanol–water partition coefficient (Wildman–Crippen LogP) is 3.99. The average Bonchev–Trinajstić information content (AvgIpc) is 2.39. The summed E-state index contributed by atoms with van der Waals surface area (Å²) in [4.78, 5) is 4.20. The molecule has 1 heterocycles. The van der Waals surface area contributed by atoms with Gasteiger partial charge < -0.3 is 5.32 Å². The number of nitrogens with one attached hydrogen (secondary N) is 1. The molecule has 0 unspecified atom stereocenters. The number of pyridine rings is 1. The lowest BCUT2D eigenvalue weighted by molar-refractivity contribution is 0.590. The van der Waals surface area contributed by atoms with Gasteiger partial charge in [0.1, 0.15) is 11.9 Å². The summed E-state index contributed by atoms with van der Waals surface area (Å²) in [6, 6.07) is 13.9. The highest BCUT2D eigenvalue weighted by Crippen LogP contribution is 2.25. The van der Waals surface area contributed by atoms with Crippen LogP contribution in [0.3, 0.4) is 0 Å². The van der Waals surface area contributed by atoms with E-state index in [0.717, 1.165) is 11.5 Å². The van der Waals surface area contributed by atoms with E-state index in [-0.39, 0.29) is 5.41 Å². The Hall–Kier alpha value is -2.34. The second kappa shape index (κ2) is 5.11. The van der Waals surface area contributed by atoms with Gasteiger partial charge in [-0.25, -0.2) is 4.98 Å². The normalized spacial score (nSPS) is 10.8. The summed E-state index contributed by atoms with van der Waals surface area (Å²) in [6.07, 6.45) is 1.57. The Morgan fingerprint density at radius 2 is 1.95 bits per heavy atom. The van der Waals surface area contributed by atoms with Crippen LogP contribution in [0, 0.1) is 11.3 Å². The van der Waals surface area contributed by atoms with E-state index in [4.69, 9.17) is 5.26 Å². The highest BCUT2D eigenvalue weighted by atomic mass is 15.0. The van der Waals surface area contributed by atoms with Crippen LogP contribution in [-0.4, -0.2) is 4.98 Å². The van der Waals surface area contributed by atoms with E-state index in [1.165, 1.54) is 5.56 Å². The highest BCUT2D eigenvalue weighted by molar-refractivity contribution is 5.58. The van der Waals surface area contributed by atoms with Crippen molar-refractivity contribution < 1.29 is 0 Å². The van der Waals surface area contributed by atoms with Crippen LogP contribution >= 0.6 is 0 Å². The minimum atomic E-state index is 0.121. The van der Waals surface area contributed by atoms with Gasteiger partial charge in [-0.05, 0) is 35.2 Å². The van der Waals surface area contributed by atoms with Crippen molar-refractivity contribution in [2.24, 2.45) is 0 Å². The molecule has 0 fully saturated rings. The fourth-order valence-corrected chi connectivity index (χ4v) is 1.75. The highest BCUT2D eigenvalue weighted by Gasteiger charge is 2.13. The molecule has 2 rings (SSSR count). The van der Waals surface area contributed by atoms with E-state index in [1.807, 2.05) is 18.2 Å². The third-order valence-corrected chi connectivity index (χ3v) is 2.89. The first-order valence-corrected chi connectivity index (χ1v) is 6.23. The number of nitrogens with zero attached hydrogens (tertiary/aromatic N) is 2. The van der Waals surface area contributed by atoms with E-state index in [0.29, 0.717) is 5.56 Å². The van der Waals surface area contributed by atoms with Crippen molar-refractivity contribution in [1.29, 1.82) is 5.26 Å². The summed E-state index contributed by atoms with van der Waals surface area (Å²) in [5, 5.41) is 12.0. The molecule has 1 N–H and O–H groups in total. The first-order chi connectivity index (χ1) is 8.99. The lowest BCUT2D eigenvalue weighted by atomic mass is 9.87. The fraction of sp³-hybridized carbons (Fsp3) is 0.250. The summed E-state index contributed by atoms with van der Waals surface area (Å²) in [5.74, 6) is 0.741. The smallest absolute Gasteiger partial charge is 0.130 e. The Balaban J connectivity index is 2.21. The lowest BCUT2D eigenvalue weighted by Crippen LogP contribution is -2.11. The predicted molar refractivity (Wildman–Crippen MR) is 77.4 cm³/mol. The standard InChI is InChI=1S/C16H17N3/c1-16(2,3)13-5-4-6-14(9-13)19-15-8-7-12(10-17)11-18-15/h4-9,11H,1-3H3,(H,18,19). The minimum absolute atomic E-state index is 0.121. The van der Waals surface area contributed by atoms with Crippen molar-refractivity contribution >= 4 is 11.5 Å². The minimum Gasteiger partial charge on any atom is -0.340 e. The second-order valence-corrected chi connectivity index (χ2v) is 5.50. The molecule has 0 atom stereocenters. The number of aromatic nitrogens is 1. The van der Waals surface area contributed by atoms with Crippen molar-refractivity contribution in [2.75, 3.05) is 5.32 Å². The van der Waals surface area contributed by atoms with Crippen LogP contribution in [0.2, 0.25) is 0 Å². The van der Waals surface area contributed by atoms with E-state index in [1.54, 1.807) is 12.3 Å². The molecule has 19 heavy (non-hydrogen) atoms. The van der Waals surface area contributed by atoms with Gasteiger partial charge in [-0.2, -0.15) is 5.26 Å². The average molecular weight is 251 g/mol. The Morgan fingerprint density at radius 3 is 2.53 bits per heavy atom. The largest absolute Gasteiger partial charge is 0.340 e. The van der Waals surface area contributed by atoms with E-state index < -0.39 is 0 Å². The van der Waals surface area contributed by atoms with Gasteiger partial charge in [0, 0.05) is 11.9 Å². The van der Waals surface area contributed by atoms with Crippen LogP contribution in [-0.2, 0) is 5.41 Å². The third kappa shape index (κ3) is 3.32. The zero-order valence-electron chi connectivity index (χ0n) is 11.4. The molecule has 0 radical (unpaired) electrons. The molecule has 0 saturated heterocycles. The molecular weight excluding hydrogens is 234 g/mol. The Labute approximate surface area is 113 Å². The molecule has 0 aliphatic heterocycles. The summed E-state index contributed by atoms with van der Waals surface area (Å²) < 4.78 is 0. The number of anilines is 2. The Kier molecular flexibility index (Phi) is 3.52. The van der Waals surface area contributed by atoms with Crippen LogP contribution in [0.4, 0.5) is 11.5 Å². The molecule has 96 valence electrons. The first-order valence-electron chi connectivity index (χ1n) is 6.23. The van der Waals surface area contributed by atoms with Crippen molar-refractivity contribution in [3.8, 4) is 6.07 Å². The Morgan fingerprint density at radius 1 is 1.16 bits per heavy atom. The van der Waals surface area contributed by atoms with E-state index >= 15 is 0 Å². The zero-order valence-corrected chi connectivity index (χ0v) is 11.4. The fourth-order valence-electron chi connectivity index (χ4n) is 1.75. The van der Waals surface area contributed by atoms with Gasteiger partial charge in [0.15, 0.2) is 0 Å². The molecule has 0 bridgehead atoms. The molecule has 0 aliphatic carbocycles. The van der Waals surface area contributed by atoms with Gasteiger partial charge in [0.25, 0.3) is 0 Å². The maximum absolute atomic E-state index is 8.73. The summed E-state index contributed by atoms with van der Waals surface area (Å²) in [5.41, 5.74) is 2.96. The summed E-state index contributed by atoms with van der Waals surface area (Å²) in [6.45, 7) is 6.56. The molecule has 0 saturated carbocycles. The number of rotatable bonds is 2. The van der Waals surface area contributed by atoms with Gasteiger partial charge in [-0.15, -0.1) is 0 Å². The van der Waals surface area contributed by atoms with Crippen molar-refractivity contribution in [1.82, 2.24) is 4.98 Å². The van der Waals surface area contributed by atoms with Gasteiger partial charge in [-0.3, -0.25) is 0 Å². The van der Waals surface area contributed by atoms with E-state index in [9.17, 15) is 0 Å². The van der Waals surface area contributed by atoms with Crippen molar-refractivity contribution in [3.63, 3.8) is 0 Å². The van der Waals surface area contributed by atoms with Gasteiger partial charge >= 0.3 is 0 Å². The lowest BCUT2D eigenvalue weighted by Gasteiger charge is -2.20. The summed E-state index contributed by atoms with van der Waals surface area (Å²) >= 11 is 0. The SMILES string of the molecule is CC(C)(C)c1cccc(Nc2ccc(C#N)cn2)c1. The second-order valence-electron chi connectivity index (χ2n) is 5.50. The molecule has 0 aliphatic rings. The van der Waals surface area contributed by atoms with Gasteiger partial charge in [-0.1, -0.05) is 32.9 Å². The molecule has 0 spiro atoms. The zero-order chi connectivity index (χ0) is 13.9. The van der Waals surface area contributed by atoms with Crippen LogP contribution in [0.25, 0.3) is 0 Å². The molecule has 3 nitrogen and oxygen atoms in total. The monoisotopic (exact) mass is 251 g/mol. The van der Waals surface area contributed by atoms with Crippen LogP contribution in [0.15, 0.2) is 42.6 Å². The van der Waals surface area contributed by atoms with Crippen LogP contribution in [0.5, 0.6) is 0 Å². The topological polar surface area (TPSA) is 48.7 Å². The molecule has 0 amide bonds. The van der Waals surface area contributed by atoms with Crippen molar-refractivity contribution in [2.45, 2.75) is 26.2 Å². The molecule has 1 aromatic carbocycles. The van der Waals surface area contributed by atoms with E-state index in [2.05, 4.69) is 49.3 Å².